The molecule has 1 heterocycles. The summed E-state index contributed by atoms with van der Waals surface area (Å²) in [4.78, 5) is 2.33. The van der Waals surface area contributed by atoms with Crippen LogP contribution < -0.4 is 30.4 Å². The quantitative estimate of drug-likeness (QED) is 0.180. The first-order valence-electron chi connectivity index (χ1n) is 15.4. The molecule has 3 heteroatoms. The van der Waals surface area contributed by atoms with Crippen molar-refractivity contribution in [3.8, 4) is 22.6 Å². The molecule has 0 saturated carbocycles. The average Bonchev–Trinajstić information content (AvgIpc) is 3.13. The Kier molecular flexibility index (Phi) is 6.86. The van der Waals surface area contributed by atoms with Crippen LogP contribution in [0.4, 0.5) is 17.1 Å². The number of rotatable bonds is 6. The van der Waals surface area contributed by atoms with Crippen molar-refractivity contribution < 1.29 is 4.74 Å². The number of ether oxygens (including phenoxy) is 1. The normalized spacial score (nSPS) is 12.8. The van der Waals surface area contributed by atoms with E-state index in [1.165, 1.54) is 31.9 Å². The van der Waals surface area contributed by atoms with Gasteiger partial charge in [0, 0.05) is 11.4 Å². The molecule has 0 saturated heterocycles. The zero-order valence-electron chi connectivity index (χ0n) is 24.8. The van der Waals surface area contributed by atoms with Crippen LogP contribution in [0.1, 0.15) is 0 Å². The number of benzene rings is 7. The molecule has 0 radical (unpaired) electrons. The van der Waals surface area contributed by atoms with Crippen molar-refractivity contribution in [3.05, 3.63) is 188 Å². The van der Waals surface area contributed by atoms with Gasteiger partial charge >= 0.3 is 0 Å². The van der Waals surface area contributed by atoms with Gasteiger partial charge in [0.25, 0.3) is 0 Å². The highest BCUT2D eigenvalue weighted by molar-refractivity contribution is 7.20. The topological polar surface area (TPSA) is 12.5 Å². The van der Waals surface area contributed by atoms with Crippen LogP contribution in [-0.4, -0.2) is 8.07 Å². The van der Waals surface area contributed by atoms with Crippen molar-refractivity contribution in [1.82, 2.24) is 0 Å². The number of hydrogen-bond acceptors (Lipinski definition) is 2. The highest BCUT2D eigenvalue weighted by Gasteiger charge is 2.48. The van der Waals surface area contributed by atoms with E-state index in [1.54, 1.807) is 0 Å². The minimum atomic E-state index is -2.76. The molecule has 0 amide bonds. The van der Waals surface area contributed by atoms with Gasteiger partial charge in [0.05, 0.1) is 5.69 Å². The molecule has 0 aliphatic carbocycles. The molecule has 2 nitrogen and oxygen atoms in total. The van der Waals surface area contributed by atoms with Crippen molar-refractivity contribution in [3.63, 3.8) is 0 Å². The molecule has 0 N–H and O–H groups in total. The molecule has 8 rings (SSSR count). The van der Waals surface area contributed by atoms with Crippen LogP contribution in [0.15, 0.2) is 188 Å². The number of fused-ring (bicyclic) bond motifs is 2. The van der Waals surface area contributed by atoms with Gasteiger partial charge in [-0.25, -0.2) is 0 Å². The summed E-state index contributed by atoms with van der Waals surface area (Å²) in [6.07, 6.45) is 0. The third-order valence-electron chi connectivity index (χ3n) is 8.80. The Labute approximate surface area is 265 Å². The van der Waals surface area contributed by atoms with Gasteiger partial charge in [0.15, 0.2) is 13.8 Å². The molecule has 7 aromatic rings. The first-order chi connectivity index (χ1) is 22.3. The van der Waals surface area contributed by atoms with Gasteiger partial charge < -0.3 is 9.64 Å². The van der Waals surface area contributed by atoms with Crippen LogP contribution in [0.2, 0.25) is 0 Å². The summed E-state index contributed by atoms with van der Waals surface area (Å²) in [6, 6.07) is 67.4. The van der Waals surface area contributed by atoms with Gasteiger partial charge in [0.1, 0.15) is 5.75 Å². The van der Waals surface area contributed by atoms with E-state index in [2.05, 4.69) is 193 Å². The van der Waals surface area contributed by atoms with Gasteiger partial charge in [0.2, 0.25) is 0 Å². The minimum Gasteiger partial charge on any atom is -0.455 e. The average molecular weight is 594 g/mol. The largest absolute Gasteiger partial charge is 0.455 e. The number of nitrogens with zero attached hydrogens (tertiary/aromatic N) is 1. The van der Waals surface area contributed by atoms with Crippen LogP contribution in [0.3, 0.4) is 0 Å². The van der Waals surface area contributed by atoms with E-state index in [1.807, 2.05) is 0 Å². The van der Waals surface area contributed by atoms with Crippen LogP contribution >= 0.6 is 0 Å². The summed E-state index contributed by atoms with van der Waals surface area (Å²) in [7, 11) is -2.76. The number of para-hydroxylation sites is 3. The summed E-state index contributed by atoms with van der Waals surface area (Å²) >= 11 is 0. The standard InChI is InChI=1S/C42H31NOSi/c1-5-16-32(17-6-1)33-28-30-35(31-29-33)43(34-18-7-2-8-19-34)38-24-15-27-41-42(38)44-39-25-13-14-26-40(39)45(41,36-20-9-3-10-21-36)37-22-11-4-12-23-37/h1-31H. The summed E-state index contributed by atoms with van der Waals surface area (Å²) in [5.74, 6) is 1.83. The van der Waals surface area contributed by atoms with E-state index in [9.17, 15) is 0 Å². The summed E-state index contributed by atoms with van der Waals surface area (Å²) < 4.78 is 7.02. The van der Waals surface area contributed by atoms with Gasteiger partial charge in [-0.15, -0.1) is 0 Å². The molecule has 0 atom stereocenters. The summed E-state index contributed by atoms with van der Waals surface area (Å²) in [5, 5.41) is 5.19. The third kappa shape index (κ3) is 4.57. The lowest BCUT2D eigenvalue weighted by atomic mass is 10.0. The fraction of sp³-hybridized carbons (Fsp3) is 0. The molecular formula is C42H31NOSi. The highest BCUT2D eigenvalue weighted by Crippen LogP contribution is 2.43. The van der Waals surface area contributed by atoms with Crippen molar-refractivity contribution in [2.24, 2.45) is 0 Å². The van der Waals surface area contributed by atoms with E-state index < -0.39 is 8.07 Å². The third-order valence-corrected chi connectivity index (χ3v) is 13.6. The maximum atomic E-state index is 7.02. The molecule has 0 fully saturated rings. The predicted octanol–water partition coefficient (Wildman–Crippen LogP) is 8.31. The number of anilines is 3. The van der Waals surface area contributed by atoms with E-state index in [-0.39, 0.29) is 0 Å². The Hall–Kier alpha value is -5.64. The van der Waals surface area contributed by atoms with E-state index in [0.717, 1.165) is 28.6 Å². The van der Waals surface area contributed by atoms with Crippen molar-refractivity contribution in [2.75, 3.05) is 4.90 Å². The molecule has 214 valence electrons. The molecule has 0 spiro atoms. The first kappa shape index (κ1) is 26.9. The fourth-order valence-corrected chi connectivity index (χ4v) is 11.8. The van der Waals surface area contributed by atoms with Crippen LogP contribution in [0.25, 0.3) is 11.1 Å². The second-order valence-corrected chi connectivity index (χ2v) is 15.1. The smallest absolute Gasteiger partial charge is 0.188 e. The fourth-order valence-electron chi connectivity index (χ4n) is 6.83. The Bertz CT molecular complexity index is 2020. The molecule has 1 aliphatic heterocycles. The Morgan fingerprint density at radius 3 is 1.51 bits per heavy atom. The van der Waals surface area contributed by atoms with Gasteiger partial charge in [-0.3, -0.25) is 0 Å². The van der Waals surface area contributed by atoms with Crippen molar-refractivity contribution in [1.29, 1.82) is 0 Å². The predicted molar refractivity (Wildman–Crippen MR) is 190 cm³/mol. The lowest BCUT2D eigenvalue weighted by Gasteiger charge is -2.41. The number of hydrogen-bond donors (Lipinski definition) is 0. The maximum absolute atomic E-state index is 7.02. The van der Waals surface area contributed by atoms with Crippen molar-refractivity contribution in [2.45, 2.75) is 0 Å². The van der Waals surface area contributed by atoms with Crippen LogP contribution in [0.5, 0.6) is 11.5 Å². The maximum Gasteiger partial charge on any atom is 0.188 e. The second-order valence-electron chi connectivity index (χ2n) is 11.3. The Balaban J connectivity index is 1.39. The summed E-state index contributed by atoms with van der Waals surface area (Å²) in [5.41, 5.74) is 5.56. The van der Waals surface area contributed by atoms with Gasteiger partial charge in [-0.2, -0.15) is 0 Å². The Morgan fingerprint density at radius 2 is 0.867 bits per heavy atom. The highest BCUT2D eigenvalue weighted by atomic mass is 28.3. The lowest BCUT2D eigenvalue weighted by Crippen LogP contribution is -2.76. The minimum absolute atomic E-state index is 0.909. The SMILES string of the molecule is c1ccc(-c2ccc(N(c3ccccc3)c3cccc4c3Oc3ccccc3[Si]4(c3ccccc3)c3ccccc3)cc2)cc1. The second kappa shape index (κ2) is 11.5. The van der Waals surface area contributed by atoms with E-state index >= 15 is 0 Å². The van der Waals surface area contributed by atoms with E-state index in [4.69, 9.17) is 4.74 Å². The van der Waals surface area contributed by atoms with E-state index in [0.29, 0.717) is 0 Å². The van der Waals surface area contributed by atoms with Crippen molar-refractivity contribution >= 4 is 45.9 Å². The van der Waals surface area contributed by atoms with Crippen LogP contribution in [-0.2, 0) is 0 Å². The van der Waals surface area contributed by atoms with Gasteiger partial charge in [-0.05, 0) is 68.3 Å². The molecule has 7 aromatic carbocycles. The molecule has 1 aliphatic rings. The monoisotopic (exact) mass is 593 g/mol. The van der Waals surface area contributed by atoms with Crippen LogP contribution in [0, 0.1) is 0 Å². The Morgan fingerprint density at radius 1 is 0.378 bits per heavy atom. The zero-order valence-corrected chi connectivity index (χ0v) is 25.8. The van der Waals surface area contributed by atoms with Gasteiger partial charge in [-0.1, -0.05) is 152 Å². The molecule has 0 unspecified atom stereocenters. The molecule has 0 aromatic heterocycles. The lowest BCUT2D eigenvalue weighted by molar-refractivity contribution is 0.488. The first-order valence-corrected chi connectivity index (χ1v) is 17.4. The molecular weight excluding hydrogens is 563 g/mol. The molecule has 45 heavy (non-hydrogen) atoms. The zero-order chi connectivity index (χ0) is 30.1. The molecule has 0 bridgehead atoms. The summed E-state index contributed by atoms with van der Waals surface area (Å²) in [6.45, 7) is 0.